The second-order valence-corrected chi connectivity index (χ2v) is 6.17. The molecule has 0 bridgehead atoms. The predicted molar refractivity (Wildman–Crippen MR) is 37.0 cm³/mol. The van der Waals surface area contributed by atoms with E-state index in [1.165, 1.54) is 0 Å². The lowest BCUT2D eigenvalue weighted by atomic mass is 10.6. The van der Waals surface area contributed by atoms with Gasteiger partial charge in [-0.1, -0.05) is 0 Å². The second-order valence-electron chi connectivity index (χ2n) is 2.31. The lowest BCUT2D eigenvalue weighted by Crippen LogP contribution is -1.69. The van der Waals surface area contributed by atoms with Gasteiger partial charge < -0.3 is 0 Å². The molecule has 7 heavy (non-hydrogen) atoms. The maximum Gasteiger partial charge on any atom is 0.0629 e. The molecule has 0 aromatic carbocycles. The molecule has 0 nitrogen and oxygen atoms in total. The molecule has 1 rings (SSSR count). The fourth-order valence-electron chi connectivity index (χ4n) is 0.593. The van der Waals surface area contributed by atoms with Gasteiger partial charge in [-0.25, -0.2) is 0 Å². The maximum atomic E-state index is 2.30. The van der Waals surface area contributed by atoms with Crippen molar-refractivity contribution < 1.29 is 0 Å². The van der Waals surface area contributed by atoms with Crippen molar-refractivity contribution in [2.45, 2.75) is 0 Å². The zero-order valence-corrected chi connectivity index (χ0v) is 5.65. The predicted octanol–water partition coefficient (Wildman–Crippen LogP) is 2.30. The van der Waals surface area contributed by atoms with E-state index in [1.54, 1.807) is 0 Å². The van der Waals surface area contributed by atoms with Crippen LogP contribution in [-0.4, -0.2) is 13.3 Å². The number of hydrogen-bond acceptors (Lipinski definition) is 0. The van der Waals surface area contributed by atoms with Crippen LogP contribution in [0.4, 0.5) is 0 Å². The average Bonchev–Trinajstić information content (AvgIpc) is 1.84. The van der Waals surface area contributed by atoms with Gasteiger partial charge >= 0.3 is 0 Å². The van der Waals surface area contributed by atoms with E-state index in [0.717, 1.165) is 0 Å². The standard InChI is InChI=1S/C6H10P/c1-7(2)5-3-4-6-7/h3-6H,1-2H3/q+1. The van der Waals surface area contributed by atoms with E-state index in [9.17, 15) is 0 Å². The molecule has 1 heteroatoms. The summed E-state index contributed by atoms with van der Waals surface area (Å²) in [5, 5.41) is 0. The summed E-state index contributed by atoms with van der Waals surface area (Å²) in [4.78, 5) is 0. The van der Waals surface area contributed by atoms with E-state index in [1.807, 2.05) is 0 Å². The molecule has 0 amide bonds. The SMILES string of the molecule is C[P+]1(C)C=CC=C1. The normalized spacial score (nSPS) is 23.7. The largest absolute Gasteiger partial charge is 0.0629 e. The summed E-state index contributed by atoms with van der Waals surface area (Å²) in [5.41, 5.74) is 0. The Bertz CT molecular complexity index is 106. The topological polar surface area (TPSA) is 0 Å². The van der Waals surface area contributed by atoms with Crippen LogP contribution in [0.1, 0.15) is 0 Å². The van der Waals surface area contributed by atoms with Gasteiger partial charge in [0.15, 0.2) is 0 Å². The first kappa shape index (κ1) is 5.05. The van der Waals surface area contributed by atoms with Crippen LogP contribution in [0.25, 0.3) is 0 Å². The minimum atomic E-state index is -0.654. The Labute approximate surface area is 45.3 Å². The fourth-order valence-corrected chi connectivity index (χ4v) is 1.78. The van der Waals surface area contributed by atoms with Crippen molar-refractivity contribution in [1.82, 2.24) is 0 Å². The Hall–Kier alpha value is -0.0900. The monoisotopic (exact) mass is 113 g/mol. The molecule has 1 heterocycles. The zero-order valence-electron chi connectivity index (χ0n) is 4.76. The Balaban J connectivity index is 2.77. The highest BCUT2D eigenvalue weighted by molar-refractivity contribution is 7.80. The van der Waals surface area contributed by atoms with Gasteiger partial charge in [-0.2, -0.15) is 0 Å². The molecule has 0 radical (unpaired) electrons. The summed E-state index contributed by atoms with van der Waals surface area (Å²) in [5.74, 6) is 4.60. The van der Waals surface area contributed by atoms with Crippen molar-refractivity contribution in [3.05, 3.63) is 23.8 Å². The molecule has 38 valence electrons. The Kier molecular flexibility index (Phi) is 1.05. The van der Waals surface area contributed by atoms with E-state index < -0.39 is 7.26 Å². The Morgan fingerprint density at radius 3 is 1.57 bits per heavy atom. The highest BCUT2D eigenvalue weighted by Crippen LogP contribution is 2.56. The highest BCUT2D eigenvalue weighted by atomic mass is 31.2. The number of allylic oxidation sites excluding steroid dienone is 2. The minimum absolute atomic E-state index is 0.654. The van der Waals surface area contributed by atoms with Crippen LogP contribution in [0, 0.1) is 0 Å². The third-order valence-corrected chi connectivity index (χ3v) is 2.93. The van der Waals surface area contributed by atoms with Crippen molar-refractivity contribution in [1.29, 1.82) is 0 Å². The molecule has 1 aliphatic rings. The van der Waals surface area contributed by atoms with Gasteiger partial charge in [0.1, 0.15) is 0 Å². The van der Waals surface area contributed by atoms with Crippen LogP contribution in [0.2, 0.25) is 0 Å². The van der Waals surface area contributed by atoms with Crippen molar-refractivity contribution in [3.63, 3.8) is 0 Å². The van der Waals surface area contributed by atoms with Crippen molar-refractivity contribution >= 4 is 7.26 Å². The molecular formula is C6H10P+. The summed E-state index contributed by atoms with van der Waals surface area (Å²) < 4.78 is 0. The average molecular weight is 113 g/mol. The first-order valence-electron chi connectivity index (χ1n) is 2.41. The van der Waals surface area contributed by atoms with Crippen molar-refractivity contribution in [2.24, 2.45) is 0 Å². The molecule has 0 spiro atoms. The van der Waals surface area contributed by atoms with Gasteiger partial charge in [0.25, 0.3) is 0 Å². The molecule has 0 aromatic rings. The van der Waals surface area contributed by atoms with Crippen LogP contribution < -0.4 is 0 Å². The van der Waals surface area contributed by atoms with E-state index in [2.05, 4.69) is 37.1 Å². The van der Waals surface area contributed by atoms with E-state index in [0.29, 0.717) is 0 Å². The van der Waals surface area contributed by atoms with Crippen molar-refractivity contribution in [2.75, 3.05) is 13.3 Å². The summed E-state index contributed by atoms with van der Waals surface area (Å²) in [6, 6.07) is 0. The lowest BCUT2D eigenvalue weighted by molar-refractivity contribution is 2.12. The first-order chi connectivity index (χ1) is 3.21. The Morgan fingerprint density at radius 1 is 1.00 bits per heavy atom. The van der Waals surface area contributed by atoms with Crippen LogP contribution in [-0.2, 0) is 0 Å². The quantitative estimate of drug-likeness (QED) is 0.423. The summed E-state index contributed by atoms with van der Waals surface area (Å²) in [6.45, 7) is 4.60. The van der Waals surface area contributed by atoms with Crippen LogP contribution in [0.15, 0.2) is 23.8 Å². The van der Waals surface area contributed by atoms with Crippen LogP contribution in [0.3, 0.4) is 0 Å². The molecule has 0 saturated carbocycles. The van der Waals surface area contributed by atoms with Gasteiger partial charge in [-0.05, 0) is 12.2 Å². The van der Waals surface area contributed by atoms with Crippen LogP contribution in [0.5, 0.6) is 0 Å². The van der Waals surface area contributed by atoms with Gasteiger partial charge in [0.2, 0.25) is 0 Å². The summed E-state index contributed by atoms with van der Waals surface area (Å²) in [6.07, 6.45) is 4.27. The third-order valence-electron chi connectivity index (χ3n) is 1.05. The molecular weight excluding hydrogens is 103 g/mol. The molecule has 1 aliphatic heterocycles. The maximum absolute atomic E-state index is 2.30. The summed E-state index contributed by atoms with van der Waals surface area (Å²) in [7, 11) is -0.654. The van der Waals surface area contributed by atoms with Crippen molar-refractivity contribution in [3.8, 4) is 0 Å². The van der Waals surface area contributed by atoms with Gasteiger partial charge in [-0.15, -0.1) is 0 Å². The van der Waals surface area contributed by atoms with E-state index >= 15 is 0 Å². The second kappa shape index (κ2) is 1.45. The number of rotatable bonds is 0. The molecule has 0 N–H and O–H groups in total. The minimum Gasteiger partial charge on any atom is -0.0236 e. The zero-order chi connectivity index (χ0) is 5.33. The van der Waals surface area contributed by atoms with E-state index in [-0.39, 0.29) is 0 Å². The third kappa shape index (κ3) is 1.14. The highest BCUT2D eigenvalue weighted by Gasteiger charge is 2.18. The van der Waals surface area contributed by atoms with Crippen LogP contribution >= 0.6 is 7.26 Å². The smallest absolute Gasteiger partial charge is 0.0236 e. The summed E-state index contributed by atoms with van der Waals surface area (Å²) >= 11 is 0. The molecule has 0 saturated heterocycles. The molecule has 0 atom stereocenters. The Morgan fingerprint density at radius 2 is 1.43 bits per heavy atom. The van der Waals surface area contributed by atoms with Gasteiger partial charge in [0.05, 0.1) is 32.2 Å². The van der Waals surface area contributed by atoms with Gasteiger partial charge in [-0.3, -0.25) is 0 Å². The fraction of sp³-hybridized carbons (Fsp3) is 0.333. The molecule has 0 unspecified atom stereocenters. The lowest BCUT2D eigenvalue weighted by Gasteiger charge is -1.98. The first-order valence-corrected chi connectivity index (χ1v) is 5.23. The molecule has 0 aliphatic carbocycles. The van der Waals surface area contributed by atoms with Gasteiger partial charge in [0, 0.05) is 0 Å². The van der Waals surface area contributed by atoms with E-state index in [4.69, 9.17) is 0 Å². The molecule has 0 aromatic heterocycles. The number of hydrogen-bond donors (Lipinski definition) is 0. The molecule has 0 fully saturated rings.